The number of carbonyl (C=O) groups is 1. The average molecular weight is 364 g/mol. The molecule has 0 aromatic heterocycles. The van der Waals surface area contributed by atoms with Crippen LogP contribution in [0, 0.1) is 0 Å². The first kappa shape index (κ1) is 18.9. The van der Waals surface area contributed by atoms with E-state index in [0.717, 1.165) is 0 Å². The Labute approximate surface area is 152 Å². The van der Waals surface area contributed by atoms with Crippen molar-refractivity contribution in [1.82, 2.24) is 5.32 Å². The van der Waals surface area contributed by atoms with Gasteiger partial charge >= 0.3 is 0 Å². The summed E-state index contributed by atoms with van der Waals surface area (Å²) < 4.78 is 16.4. The smallest absolute Gasteiger partial charge is 0.261 e. The molecule has 0 saturated carbocycles. The number of hydrogen-bond donors (Lipinski definition) is 1. The van der Waals surface area contributed by atoms with Crippen molar-refractivity contribution in [2.45, 2.75) is 19.4 Å². The van der Waals surface area contributed by atoms with Gasteiger partial charge in [-0.3, -0.25) is 4.79 Å². The highest BCUT2D eigenvalue weighted by atomic mass is 35.5. The largest absolute Gasteiger partial charge is 0.497 e. The van der Waals surface area contributed by atoms with Crippen molar-refractivity contribution in [3.63, 3.8) is 0 Å². The van der Waals surface area contributed by atoms with Crippen LogP contribution in [0.5, 0.6) is 17.2 Å². The maximum Gasteiger partial charge on any atom is 0.261 e. The molecular formula is C19H22ClNO4. The van der Waals surface area contributed by atoms with E-state index >= 15 is 0 Å². The number of halogens is 1. The van der Waals surface area contributed by atoms with Gasteiger partial charge in [-0.2, -0.15) is 0 Å². The molecule has 0 radical (unpaired) electrons. The van der Waals surface area contributed by atoms with Crippen molar-refractivity contribution in [1.29, 1.82) is 0 Å². The Morgan fingerprint density at radius 3 is 2.64 bits per heavy atom. The van der Waals surface area contributed by atoms with Gasteiger partial charge in [0.1, 0.15) is 23.9 Å². The SMILES string of the molecule is CC[C@@H](Oc1cccc(OC)c1)C(=O)NCCOc1ccccc1Cl. The van der Waals surface area contributed by atoms with E-state index in [0.29, 0.717) is 41.8 Å². The third-order valence-corrected chi connectivity index (χ3v) is 3.79. The van der Waals surface area contributed by atoms with Gasteiger partial charge in [0, 0.05) is 6.07 Å². The van der Waals surface area contributed by atoms with Crippen molar-refractivity contribution in [2.24, 2.45) is 0 Å². The lowest BCUT2D eigenvalue weighted by atomic mass is 10.2. The monoisotopic (exact) mass is 363 g/mol. The van der Waals surface area contributed by atoms with Crippen molar-refractivity contribution in [3.8, 4) is 17.2 Å². The zero-order valence-corrected chi connectivity index (χ0v) is 15.1. The quantitative estimate of drug-likeness (QED) is 0.690. The second-order valence-electron chi connectivity index (χ2n) is 5.26. The molecule has 0 heterocycles. The average Bonchev–Trinajstić information content (AvgIpc) is 2.64. The normalized spacial score (nSPS) is 11.5. The number of rotatable bonds is 9. The summed E-state index contributed by atoms with van der Waals surface area (Å²) >= 11 is 6.01. The van der Waals surface area contributed by atoms with Gasteiger partial charge in [-0.15, -0.1) is 0 Å². The number of hydrogen-bond acceptors (Lipinski definition) is 4. The second kappa shape index (κ2) is 9.79. The number of amides is 1. The van der Waals surface area contributed by atoms with E-state index in [9.17, 15) is 4.79 Å². The Morgan fingerprint density at radius 1 is 1.16 bits per heavy atom. The predicted molar refractivity (Wildman–Crippen MR) is 97.7 cm³/mol. The minimum absolute atomic E-state index is 0.187. The number of carbonyl (C=O) groups excluding carboxylic acids is 1. The van der Waals surface area contributed by atoms with Crippen LogP contribution in [0.15, 0.2) is 48.5 Å². The van der Waals surface area contributed by atoms with E-state index in [1.165, 1.54) is 0 Å². The molecule has 2 aromatic carbocycles. The zero-order valence-electron chi connectivity index (χ0n) is 14.3. The Morgan fingerprint density at radius 2 is 1.92 bits per heavy atom. The molecule has 2 aromatic rings. The Hall–Kier alpha value is -2.40. The molecule has 5 nitrogen and oxygen atoms in total. The molecule has 1 atom stereocenters. The highest BCUT2D eigenvalue weighted by Crippen LogP contribution is 2.23. The van der Waals surface area contributed by atoms with Crippen molar-refractivity contribution in [2.75, 3.05) is 20.3 Å². The molecule has 0 saturated heterocycles. The first-order valence-corrected chi connectivity index (χ1v) is 8.47. The third-order valence-electron chi connectivity index (χ3n) is 3.48. The summed E-state index contributed by atoms with van der Waals surface area (Å²) in [6.45, 7) is 2.58. The Balaban J connectivity index is 1.80. The maximum absolute atomic E-state index is 12.3. The van der Waals surface area contributed by atoms with Crippen molar-refractivity contribution in [3.05, 3.63) is 53.6 Å². The number of ether oxygens (including phenoxy) is 3. The lowest BCUT2D eigenvalue weighted by molar-refractivity contribution is -0.128. The Kier molecular flexibility index (Phi) is 7.41. The molecule has 2 rings (SSSR count). The van der Waals surface area contributed by atoms with Gasteiger partial charge < -0.3 is 19.5 Å². The van der Waals surface area contributed by atoms with E-state index in [2.05, 4.69) is 5.32 Å². The van der Waals surface area contributed by atoms with Crippen molar-refractivity contribution >= 4 is 17.5 Å². The van der Waals surface area contributed by atoms with E-state index in [1.54, 1.807) is 31.4 Å². The first-order valence-electron chi connectivity index (χ1n) is 8.09. The van der Waals surface area contributed by atoms with E-state index < -0.39 is 6.10 Å². The minimum atomic E-state index is -0.576. The van der Waals surface area contributed by atoms with Gasteiger partial charge in [0.25, 0.3) is 5.91 Å². The second-order valence-corrected chi connectivity index (χ2v) is 5.67. The first-order chi connectivity index (χ1) is 12.1. The number of nitrogens with one attached hydrogen (secondary N) is 1. The molecule has 134 valence electrons. The van der Waals surface area contributed by atoms with Crippen LogP contribution < -0.4 is 19.5 Å². The molecular weight excluding hydrogens is 342 g/mol. The maximum atomic E-state index is 12.3. The topological polar surface area (TPSA) is 56.8 Å². The van der Waals surface area contributed by atoms with Crippen LogP contribution in [-0.2, 0) is 4.79 Å². The van der Waals surface area contributed by atoms with E-state index in [1.807, 2.05) is 31.2 Å². The van der Waals surface area contributed by atoms with Gasteiger partial charge in [0.15, 0.2) is 6.10 Å². The number of benzene rings is 2. The molecule has 25 heavy (non-hydrogen) atoms. The predicted octanol–water partition coefficient (Wildman–Crippen LogP) is 3.70. The van der Waals surface area contributed by atoms with Crippen LogP contribution in [0.25, 0.3) is 0 Å². The summed E-state index contributed by atoms with van der Waals surface area (Å²) in [7, 11) is 1.59. The molecule has 0 unspecified atom stereocenters. The molecule has 0 bridgehead atoms. The summed E-state index contributed by atoms with van der Waals surface area (Å²) in [6, 6.07) is 14.4. The Bertz CT molecular complexity index is 693. The lowest BCUT2D eigenvalue weighted by Gasteiger charge is -2.18. The van der Waals surface area contributed by atoms with E-state index in [4.69, 9.17) is 25.8 Å². The molecule has 0 fully saturated rings. The summed E-state index contributed by atoms with van der Waals surface area (Å²) in [5.41, 5.74) is 0. The fraction of sp³-hybridized carbons (Fsp3) is 0.316. The number of methoxy groups -OCH3 is 1. The van der Waals surface area contributed by atoms with Crippen LogP contribution >= 0.6 is 11.6 Å². The molecule has 0 spiro atoms. The van der Waals surface area contributed by atoms with Gasteiger partial charge in [-0.1, -0.05) is 36.7 Å². The van der Waals surface area contributed by atoms with E-state index in [-0.39, 0.29) is 5.91 Å². The zero-order chi connectivity index (χ0) is 18.1. The summed E-state index contributed by atoms with van der Waals surface area (Å²) in [5.74, 6) is 1.68. The number of para-hydroxylation sites is 1. The molecule has 0 aliphatic rings. The summed E-state index contributed by atoms with van der Waals surface area (Å²) in [6.07, 6.45) is -0.0265. The summed E-state index contributed by atoms with van der Waals surface area (Å²) in [5, 5.41) is 3.35. The third kappa shape index (κ3) is 5.87. The minimum Gasteiger partial charge on any atom is -0.497 e. The standard InChI is InChI=1S/C19H22ClNO4/c1-3-17(25-15-8-6-7-14(13-15)23-2)19(22)21-11-12-24-18-10-5-4-9-16(18)20/h4-10,13,17H,3,11-12H2,1-2H3,(H,21,22)/t17-/m1/s1. The van der Waals surface area contributed by atoms with Crippen LogP contribution in [0.1, 0.15) is 13.3 Å². The fourth-order valence-electron chi connectivity index (χ4n) is 2.17. The van der Waals surface area contributed by atoms with Crippen LogP contribution in [-0.4, -0.2) is 32.3 Å². The van der Waals surface area contributed by atoms with Gasteiger partial charge in [-0.05, 0) is 30.7 Å². The molecule has 1 amide bonds. The fourth-order valence-corrected chi connectivity index (χ4v) is 2.36. The highest BCUT2D eigenvalue weighted by molar-refractivity contribution is 6.32. The highest BCUT2D eigenvalue weighted by Gasteiger charge is 2.18. The molecule has 1 N–H and O–H groups in total. The van der Waals surface area contributed by atoms with Gasteiger partial charge in [0.05, 0.1) is 18.7 Å². The summed E-state index contributed by atoms with van der Waals surface area (Å²) in [4.78, 5) is 12.3. The van der Waals surface area contributed by atoms with Gasteiger partial charge in [0.2, 0.25) is 0 Å². The lowest BCUT2D eigenvalue weighted by Crippen LogP contribution is -2.39. The molecule has 0 aliphatic heterocycles. The van der Waals surface area contributed by atoms with Crippen molar-refractivity contribution < 1.29 is 19.0 Å². The van der Waals surface area contributed by atoms with Crippen LogP contribution in [0.4, 0.5) is 0 Å². The van der Waals surface area contributed by atoms with Gasteiger partial charge in [-0.25, -0.2) is 0 Å². The van der Waals surface area contributed by atoms with Crippen LogP contribution in [0.3, 0.4) is 0 Å². The van der Waals surface area contributed by atoms with Crippen LogP contribution in [0.2, 0.25) is 5.02 Å². The molecule has 0 aliphatic carbocycles. The molecule has 6 heteroatoms.